The van der Waals surface area contributed by atoms with Gasteiger partial charge < -0.3 is 4.12 Å². The zero-order chi connectivity index (χ0) is 9.28. The molecule has 0 aliphatic heterocycles. The molecule has 0 aromatic heterocycles. The van der Waals surface area contributed by atoms with E-state index in [0.717, 1.165) is 10.5 Å². The summed E-state index contributed by atoms with van der Waals surface area (Å²) in [5, 5.41) is 0. The summed E-state index contributed by atoms with van der Waals surface area (Å²) >= 11 is 0. The minimum Gasteiger partial charge on any atom is -0.465 e. The minimum atomic E-state index is -0.226. The quantitative estimate of drug-likeness (QED) is 0.462. The molecule has 0 aliphatic carbocycles. The molecule has 0 aromatic rings. The van der Waals surface area contributed by atoms with Crippen molar-refractivity contribution in [3.8, 4) is 0 Å². The molecule has 0 atom stereocenters. The number of rotatable bonds is 2. The van der Waals surface area contributed by atoms with Gasteiger partial charge in [-0.25, -0.2) is 0 Å². The van der Waals surface area contributed by atoms with Crippen molar-refractivity contribution in [2.24, 2.45) is 0 Å². The Morgan fingerprint density at radius 3 is 1.82 bits per heavy atom. The standard InChI is InChI=1S/C4H12OSi2.C4H8/c1-4(2)3-7-5-6;1-4(2)3/h3H,7H2,1-2,6H3;1H2,2-3H3. The zero-order valence-electron chi connectivity index (χ0n) is 8.40. The second kappa shape index (κ2) is 9.87. The van der Waals surface area contributed by atoms with Crippen LogP contribution in [0.4, 0.5) is 0 Å². The molecule has 11 heavy (non-hydrogen) atoms. The zero-order valence-corrected chi connectivity index (χ0v) is 11.8. The summed E-state index contributed by atoms with van der Waals surface area (Å²) in [6.07, 6.45) is 0. The van der Waals surface area contributed by atoms with E-state index in [2.05, 4.69) is 26.1 Å². The molecule has 0 aliphatic rings. The highest BCUT2D eigenvalue weighted by Crippen LogP contribution is 1.83. The summed E-state index contributed by atoms with van der Waals surface area (Å²) in [6.45, 7) is 11.7. The molecule has 0 saturated carbocycles. The molecule has 0 amide bonds. The van der Waals surface area contributed by atoms with E-state index < -0.39 is 0 Å². The smallest absolute Gasteiger partial charge is 0.170 e. The molecule has 0 radical (unpaired) electrons. The molecule has 0 N–H and O–H groups in total. The Morgan fingerprint density at radius 2 is 1.73 bits per heavy atom. The lowest BCUT2D eigenvalue weighted by Crippen LogP contribution is -1.89. The SMILES string of the molecule is C=C(C)C.CC(C)=C[SiH2]O[SiH3]. The Balaban J connectivity index is 0. The summed E-state index contributed by atoms with van der Waals surface area (Å²) in [6, 6.07) is 0. The van der Waals surface area contributed by atoms with Crippen molar-refractivity contribution in [3.63, 3.8) is 0 Å². The summed E-state index contributed by atoms with van der Waals surface area (Å²) in [5.74, 6) is 0. The van der Waals surface area contributed by atoms with E-state index in [4.69, 9.17) is 4.12 Å². The van der Waals surface area contributed by atoms with E-state index in [0.29, 0.717) is 0 Å². The van der Waals surface area contributed by atoms with Crippen LogP contribution in [0.2, 0.25) is 0 Å². The molecule has 0 aromatic carbocycles. The van der Waals surface area contributed by atoms with Crippen molar-refractivity contribution in [3.05, 3.63) is 23.4 Å². The maximum atomic E-state index is 5.05. The fraction of sp³-hybridized carbons (Fsp3) is 0.500. The Hall–Kier alpha value is -0.126. The second-order valence-corrected chi connectivity index (χ2v) is 5.99. The molecule has 0 heterocycles. The molecule has 0 spiro atoms. The van der Waals surface area contributed by atoms with Gasteiger partial charge in [0.05, 0.1) is 0 Å². The Labute approximate surface area is 76.0 Å². The highest BCUT2D eigenvalue weighted by molar-refractivity contribution is 6.40. The minimum absolute atomic E-state index is 0.226. The third-order valence-corrected chi connectivity index (χ3v) is 2.97. The van der Waals surface area contributed by atoms with Crippen molar-refractivity contribution in [1.29, 1.82) is 0 Å². The van der Waals surface area contributed by atoms with Gasteiger partial charge in [0.2, 0.25) is 0 Å². The van der Waals surface area contributed by atoms with Crippen LogP contribution in [0.25, 0.3) is 0 Å². The van der Waals surface area contributed by atoms with Crippen molar-refractivity contribution < 1.29 is 4.12 Å². The van der Waals surface area contributed by atoms with Gasteiger partial charge in [0.25, 0.3) is 0 Å². The Morgan fingerprint density at radius 1 is 1.36 bits per heavy atom. The first-order valence-electron chi connectivity index (χ1n) is 3.75. The van der Waals surface area contributed by atoms with E-state index in [9.17, 15) is 0 Å². The van der Waals surface area contributed by atoms with Crippen LogP contribution in [0.5, 0.6) is 0 Å². The van der Waals surface area contributed by atoms with Gasteiger partial charge in [-0.2, -0.15) is 0 Å². The average Bonchev–Trinajstić information content (AvgIpc) is 1.82. The molecule has 66 valence electrons. The number of hydrogen-bond donors (Lipinski definition) is 0. The van der Waals surface area contributed by atoms with Gasteiger partial charge >= 0.3 is 0 Å². The number of hydrogen-bond acceptors (Lipinski definition) is 1. The summed E-state index contributed by atoms with van der Waals surface area (Å²) < 4.78 is 5.05. The molecule has 0 rings (SSSR count). The molecular weight excluding hydrogens is 168 g/mol. The normalized spacial score (nSPS) is 9.09. The van der Waals surface area contributed by atoms with E-state index >= 15 is 0 Å². The van der Waals surface area contributed by atoms with Gasteiger partial charge in [-0.05, 0) is 27.7 Å². The number of allylic oxidation sites excluding steroid dienone is 2. The van der Waals surface area contributed by atoms with E-state index in [1.54, 1.807) is 0 Å². The summed E-state index contributed by atoms with van der Waals surface area (Å²) in [4.78, 5) is 0. The monoisotopic (exact) mass is 188 g/mol. The van der Waals surface area contributed by atoms with E-state index in [1.807, 2.05) is 13.8 Å². The van der Waals surface area contributed by atoms with Gasteiger partial charge in [-0.15, -0.1) is 6.58 Å². The first-order valence-corrected chi connectivity index (χ1v) is 5.96. The van der Waals surface area contributed by atoms with Crippen LogP contribution in [0, 0.1) is 0 Å². The van der Waals surface area contributed by atoms with Crippen molar-refractivity contribution in [2.75, 3.05) is 0 Å². The lowest BCUT2D eigenvalue weighted by molar-refractivity contribution is 0.675. The molecule has 0 bridgehead atoms. The highest BCUT2D eigenvalue weighted by atomic mass is 28.3. The third kappa shape index (κ3) is 40.8. The first kappa shape index (κ1) is 13.5. The topological polar surface area (TPSA) is 9.23 Å². The fourth-order valence-corrected chi connectivity index (χ4v) is 1.25. The molecule has 0 unspecified atom stereocenters. The largest absolute Gasteiger partial charge is 0.465 e. The highest BCUT2D eigenvalue weighted by Gasteiger charge is 1.73. The predicted molar refractivity (Wildman–Crippen MR) is 59.5 cm³/mol. The predicted octanol–water partition coefficient (Wildman–Crippen LogP) is 0.873. The average molecular weight is 188 g/mol. The lowest BCUT2D eigenvalue weighted by atomic mass is 10.4. The van der Waals surface area contributed by atoms with Crippen LogP contribution in [-0.4, -0.2) is 20.2 Å². The van der Waals surface area contributed by atoms with Crippen molar-refractivity contribution in [1.82, 2.24) is 0 Å². The van der Waals surface area contributed by atoms with Crippen LogP contribution in [-0.2, 0) is 4.12 Å². The van der Waals surface area contributed by atoms with Gasteiger partial charge in [0, 0.05) is 0 Å². The molecule has 1 nitrogen and oxygen atoms in total. The van der Waals surface area contributed by atoms with Crippen LogP contribution >= 0.6 is 0 Å². The van der Waals surface area contributed by atoms with E-state index in [-0.39, 0.29) is 9.76 Å². The molecule has 0 saturated heterocycles. The fourth-order valence-electron chi connectivity index (χ4n) is 0.250. The maximum absolute atomic E-state index is 5.05. The lowest BCUT2D eigenvalue weighted by Gasteiger charge is -1.87. The molecular formula is C8H20OSi2. The van der Waals surface area contributed by atoms with Crippen LogP contribution in [0.1, 0.15) is 27.7 Å². The van der Waals surface area contributed by atoms with Gasteiger partial charge in [-0.1, -0.05) is 16.8 Å². The summed E-state index contributed by atoms with van der Waals surface area (Å²) in [5.41, 5.74) is 4.77. The molecule has 0 fully saturated rings. The molecule has 3 heteroatoms. The van der Waals surface area contributed by atoms with Crippen LogP contribution in [0.3, 0.4) is 0 Å². The Bertz CT molecular complexity index is 122. The first-order chi connectivity index (χ1) is 5.00. The van der Waals surface area contributed by atoms with Gasteiger partial charge in [0.1, 0.15) is 10.5 Å². The van der Waals surface area contributed by atoms with Crippen molar-refractivity contribution in [2.45, 2.75) is 27.7 Å². The maximum Gasteiger partial charge on any atom is 0.170 e. The van der Waals surface area contributed by atoms with Gasteiger partial charge in [-0.3, -0.25) is 0 Å². The van der Waals surface area contributed by atoms with Crippen molar-refractivity contribution >= 4 is 20.2 Å². The third-order valence-electron chi connectivity index (χ3n) is 0.658. The van der Waals surface area contributed by atoms with Crippen LogP contribution < -0.4 is 0 Å². The van der Waals surface area contributed by atoms with Gasteiger partial charge in [0.15, 0.2) is 9.76 Å². The Kier molecular flexibility index (Phi) is 12.1. The summed E-state index contributed by atoms with van der Waals surface area (Å²) in [7, 11) is 0.686. The van der Waals surface area contributed by atoms with E-state index in [1.165, 1.54) is 11.1 Å². The second-order valence-electron chi connectivity index (χ2n) is 2.94. The van der Waals surface area contributed by atoms with Crippen LogP contribution in [0.15, 0.2) is 23.4 Å².